The zero-order valence-corrected chi connectivity index (χ0v) is 10.2. The molecule has 0 aliphatic carbocycles. The van der Waals surface area contributed by atoms with Crippen LogP contribution in [-0.2, 0) is 0 Å². The van der Waals surface area contributed by atoms with E-state index in [9.17, 15) is 0 Å². The minimum atomic E-state index is 1.08. The van der Waals surface area contributed by atoms with Crippen molar-refractivity contribution in [3.05, 3.63) is 53.4 Å². The number of nitrogens with one attached hydrogen (secondary N) is 1. The van der Waals surface area contributed by atoms with Gasteiger partial charge in [-0.25, -0.2) is 0 Å². The van der Waals surface area contributed by atoms with E-state index in [-0.39, 0.29) is 0 Å². The van der Waals surface area contributed by atoms with Crippen molar-refractivity contribution in [1.82, 2.24) is 4.98 Å². The molecular formula is C15H19N. The van der Waals surface area contributed by atoms with E-state index in [2.05, 4.69) is 30.6 Å². The molecule has 0 spiro atoms. The Labute approximate surface area is 97.9 Å². The summed E-state index contributed by atoms with van der Waals surface area (Å²) in [5, 5.41) is 0. The molecule has 16 heavy (non-hydrogen) atoms. The normalized spacial score (nSPS) is 12.2. The minimum absolute atomic E-state index is 1.08. The molecule has 1 N–H and O–H groups in total. The molecule has 0 radical (unpaired) electrons. The summed E-state index contributed by atoms with van der Waals surface area (Å²) >= 11 is 0. The summed E-state index contributed by atoms with van der Waals surface area (Å²) < 4.78 is 0. The van der Waals surface area contributed by atoms with Gasteiger partial charge >= 0.3 is 0 Å². The number of aromatic nitrogens is 1. The smallest absolute Gasteiger partial charge is 0.0455 e. The number of hydrogen-bond acceptors (Lipinski definition) is 0. The van der Waals surface area contributed by atoms with Gasteiger partial charge in [-0.15, -0.1) is 0 Å². The molecule has 1 rings (SSSR count). The number of hydrogen-bond donors (Lipinski definition) is 1. The van der Waals surface area contributed by atoms with Crippen molar-refractivity contribution in [2.24, 2.45) is 0 Å². The van der Waals surface area contributed by atoms with Crippen LogP contribution in [0.15, 0.2) is 30.9 Å². The Kier molecular flexibility index (Phi) is 4.59. The van der Waals surface area contributed by atoms with E-state index in [0.29, 0.717) is 0 Å². The molecule has 1 heteroatoms. The van der Waals surface area contributed by atoms with Crippen molar-refractivity contribution in [1.29, 1.82) is 0 Å². The van der Waals surface area contributed by atoms with E-state index < -0.39 is 0 Å². The van der Waals surface area contributed by atoms with Crippen LogP contribution in [0.1, 0.15) is 36.4 Å². The van der Waals surface area contributed by atoms with E-state index >= 15 is 0 Å². The van der Waals surface area contributed by atoms with Crippen molar-refractivity contribution < 1.29 is 0 Å². The molecule has 0 saturated heterocycles. The molecular weight excluding hydrogens is 194 g/mol. The summed E-state index contributed by atoms with van der Waals surface area (Å²) in [7, 11) is 0. The zero-order chi connectivity index (χ0) is 12.0. The molecule has 0 fully saturated rings. The molecule has 0 amide bonds. The first kappa shape index (κ1) is 12.3. The summed E-state index contributed by atoms with van der Waals surface area (Å²) in [6.45, 7) is 9.97. The van der Waals surface area contributed by atoms with Crippen molar-refractivity contribution >= 4 is 18.2 Å². The minimum Gasteiger partial charge on any atom is -0.355 e. The lowest BCUT2D eigenvalue weighted by molar-refractivity contribution is 1.32. The predicted octanol–water partition coefficient (Wildman–Crippen LogP) is 4.59. The van der Waals surface area contributed by atoms with Crippen LogP contribution in [0.3, 0.4) is 0 Å². The molecule has 1 aromatic rings. The standard InChI is InChI=1S/C15H19N/c1-5-8-9-11-15-12(4)13(10-6-2)14(7-3)16-15/h5-11,16H,3H2,1-2,4H3/b8-5-,10-6-,11-9-. The molecule has 0 atom stereocenters. The van der Waals surface area contributed by atoms with E-state index in [0.717, 1.165) is 11.4 Å². The van der Waals surface area contributed by atoms with Crippen LogP contribution >= 0.6 is 0 Å². The van der Waals surface area contributed by atoms with Gasteiger partial charge in [-0.3, -0.25) is 0 Å². The Morgan fingerprint density at radius 2 is 1.75 bits per heavy atom. The van der Waals surface area contributed by atoms with Crippen molar-refractivity contribution in [2.45, 2.75) is 20.8 Å². The fourth-order valence-corrected chi connectivity index (χ4v) is 1.63. The lowest BCUT2D eigenvalue weighted by Gasteiger charge is -1.93. The summed E-state index contributed by atoms with van der Waals surface area (Å²) in [5.74, 6) is 0. The molecule has 0 saturated carbocycles. The number of rotatable bonds is 4. The number of allylic oxidation sites excluding steroid dienone is 4. The van der Waals surface area contributed by atoms with Gasteiger partial charge in [0.2, 0.25) is 0 Å². The fourth-order valence-electron chi connectivity index (χ4n) is 1.63. The third-order valence-electron chi connectivity index (χ3n) is 2.47. The molecule has 84 valence electrons. The van der Waals surface area contributed by atoms with Crippen LogP contribution in [0.2, 0.25) is 0 Å². The summed E-state index contributed by atoms with van der Waals surface area (Å²) in [5.41, 5.74) is 4.70. The quantitative estimate of drug-likeness (QED) is 0.704. The third kappa shape index (κ3) is 2.63. The van der Waals surface area contributed by atoms with Crippen LogP contribution in [0, 0.1) is 6.92 Å². The first-order valence-corrected chi connectivity index (χ1v) is 5.51. The lowest BCUT2D eigenvalue weighted by atomic mass is 10.1. The maximum Gasteiger partial charge on any atom is 0.0455 e. The molecule has 0 bridgehead atoms. The highest BCUT2D eigenvalue weighted by Crippen LogP contribution is 2.22. The summed E-state index contributed by atoms with van der Waals surface area (Å²) in [6.07, 6.45) is 14.1. The van der Waals surface area contributed by atoms with Crippen molar-refractivity contribution in [3.8, 4) is 0 Å². The monoisotopic (exact) mass is 213 g/mol. The second-order valence-corrected chi connectivity index (χ2v) is 3.58. The molecule has 0 aliphatic heterocycles. The van der Waals surface area contributed by atoms with Gasteiger partial charge in [0, 0.05) is 17.0 Å². The lowest BCUT2D eigenvalue weighted by Crippen LogP contribution is -1.76. The van der Waals surface area contributed by atoms with Crippen molar-refractivity contribution in [2.75, 3.05) is 0 Å². The Bertz CT molecular complexity index is 442. The zero-order valence-electron chi connectivity index (χ0n) is 10.2. The number of aromatic amines is 1. The Morgan fingerprint density at radius 3 is 2.31 bits per heavy atom. The highest BCUT2D eigenvalue weighted by molar-refractivity contribution is 5.70. The van der Waals surface area contributed by atoms with E-state index in [4.69, 9.17) is 0 Å². The van der Waals surface area contributed by atoms with Crippen LogP contribution < -0.4 is 0 Å². The van der Waals surface area contributed by atoms with Gasteiger partial charge in [-0.2, -0.15) is 0 Å². The fraction of sp³-hybridized carbons (Fsp3) is 0.200. The average molecular weight is 213 g/mol. The van der Waals surface area contributed by atoms with E-state index in [1.54, 1.807) is 0 Å². The predicted molar refractivity (Wildman–Crippen MR) is 74.2 cm³/mol. The average Bonchev–Trinajstić information content (AvgIpc) is 2.58. The van der Waals surface area contributed by atoms with Gasteiger partial charge in [-0.1, -0.05) is 37.0 Å². The summed E-state index contributed by atoms with van der Waals surface area (Å²) in [6, 6.07) is 0. The number of H-pyrrole nitrogens is 1. The largest absolute Gasteiger partial charge is 0.355 e. The molecule has 1 aromatic heterocycles. The van der Waals surface area contributed by atoms with Gasteiger partial charge < -0.3 is 4.98 Å². The van der Waals surface area contributed by atoms with Crippen LogP contribution in [0.4, 0.5) is 0 Å². The Morgan fingerprint density at radius 1 is 1.00 bits per heavy atom. The Balaban J connectivity index is 3.17. The maximum absolute atomic E-state index is 3.82. The highest BCUT2D eigenvalue weighted by Gasteiger charge is 2.06. The second kappa shape index (κ2) is 5.96. The van der Waals surface area contributed by atoms with Crippen LogP contribution in [0.5, 0.6) is 0 Å². The Hall–Kier alpha value is -1.76. The van der Waals surface area contributed by atoms with Gasteiger partial charge in [0.25, 0.3) is 0 Å². The molecule has 1 nitrogen and oxygen atoms in total. The summed E-state index contributed by atoms with van der Waals surface area (Å²) in [4.78, 5) is 3.35. The third-order valence-corrected chi connectivity index (χ3v) is 2.47. The topological polar surface area (TPSA) is 15.8 Å². The molecule has 1 heterocycles. The van der Waals surface area contributed by atoms with E-state index in [1.165, 1.54) is 11.1 Å². The van der Waals surface area contributed by atoms with E-state index in [1.807, 2.05) is 44.2 Å². The van der Waals surface area contributed by atoms with Gasteiger partial charge in [0.05, 0.1) is 0 Å². The molecule has 0 aliphatic rings. The van der Waals surface area contributed by atoms with Crippen LogP contribution in [0.25, 0.3) is 18.2 Å². The van der Waals surface area contributed by atoms with Crippen LogP contribution in [-0.4, -0.2) is 4.98 Å². The molecule has 0 aromatic carbocycles. The SMILES string of the molecule is C=Cc1[nH]c(/C=C\C=C/C)c(C)c1/C=C\C. The second-order valence-electron chi connectivity index (χ2n) is 3.58. The van der Waals surface area contributed by atoms with Gasteiger partial charge in [0.15, 0.2) is 0 Å². The van der Waals surface area contributed by atoms with Crippen molar-refractivity contribution in [3.63, 3.8) is 0 Å². The first-order valence-electron chi connectivity index (χ1n) is 5.51. The van der Waals surface area contributed by atoms with Gasteiger partial charge in [0.1, 0.15) is 0 Å². The highest BCUT2D eigenvalue weighted by atomic mass is 14.7. The van der Waals surface area contributed by atoms with Gasteiger partial charge in [-0.05, 0) is 38.5 Å². The molecule has 0 unspecified atom stereocenters. The maximum atomic E-state index is 3.82. The first-order chi connectivity index (χ1) is 7.74.